The zero-order valence-corrected chi connectivity index (χ0v) is 12.5. The van der Waals surface area contributed by atoms with Crippen LogP contribution in [0.2, 0.25) is 10.0 Å². The van der Waals surface area contributed by atoms with Crippen molar-refractivity contribution in [3.8, 4) is 0 Å². The van der Waals surface area contributed by atoms with Crippen LogP contribution in [0, 0.1) is 0 Å². The normalized spacial score (nSPS) is 11.3. The van der Waals surface area contributed by atoms with Crippen LogP contribution in [0.25, 0.3) is 5.70 Å². The topological polar surface area (TPSA) is 70.6 Å². The van der Waals surface area contributed by atoms with E-state index in [1.54, 1.807) is 24.3 Å². The predicted molar refractivity (Wildman–Crippen MR) is 79.3 cm³/mol. The van der Waals surface area contributed by atoms with Gasteiger partial charge in [0.2, 0.25) is 5.91 Å². The molecular formula is C13H16Cl2N2O3. The first-order valence-corrected chi connectivity index (χ1v) is 6.66. The third kappa shape index (κ3) is 5.38. The van der Waals surface area contributed by atoms with Gasteiger partial charge in [0.05, 0.1) is 29.5 Å². The molecule has 0 atom stereocenters. The molecule has 20 heavy (non-hydrogen) atoms. The molecule has 1 amide bonds. The van der Waals surface area contributed by atoms with Gasteiger partial charge in [-0.1, -0.05) is 29.3 Å². The highest BCUT2D eigenvalue weighted by Crippen LogP contribution is 2.25. The van der Waals surface area contributed by atoms with Gasteiger partial charge in [-0.15, -0.1) is 0 Å². The Morgan fingerprint density at radius 3 is 2.75 bits per heavy atom. The van der Waals surface area contributed by atoms with Gasteiger partial charge >= 0.3 is 0 Å². The fourth-order valence-corrected chi connectivity index (χ4v) is 1.75. The molecule has 3 N–H and O–H groups in total. The molecule has 0 spiro atoms. The lowest BCUT2D eigenvalue weighted by Crippen LogP contribution is -2.25. The zero-order valence-electron chi connectivity index (χ0n) is 11.0. The summed E-state index contributed by atoms with van der Waals surface area (Å²) in [4.78, 5) is 16.4. The van der Waals surface area contributed by atoms with Gasteiger partial charge in [-0.25, -0.2) is 0 Å². The number of carbonyl (C=O) groups is 1. The summed E-state index contributed by atoms with van der Waals surface area (Å²) in [5, 5.41) is 12.0. The lowest BCUT2D eigenvalue weighted by Gasteiger charge is -2.10. The van der Waals surface area contributed by atoms with E-state index in [9.17, 15) is 4.79 Å². The van der Waals surface area contributed by atoms with Gasteiger partial charge in [-0.05, 0) is 18.2 Å². The van der Waals surface area contributed by atoms with Crippen LogP contribution in [0.15, 0.2) is 24.3 Å². The Labute approximate surface area is 127 Å². The van der Waals surface area contributed by atoms with E-state index in [4.69, 9.17) is 33.1 Å². The van der Waals surface area contributed by atoms with Crippen molar-refractivity contribution in [1.82, 2.24) is 10.8 Å². The van der Waals surface area contributed by atoms with E-state index in [0.29, 0.717) is 15.7 Å². The molecule has 0 aliphatic carbocycles. The first kappa shape index (κ1) is 16.8. The summed E-state index contributed by atoms with van der Waals surface area (Å²) in [6.45, 7) is 0.137. The molecule has 1 aromatic carbocycles. The van der Waals surface area contributed by atoms with E-state index in [-0.39, 0.29) is 25.5 Å². The number of carbonyl (C=O) groups excluding carboxylic acids is 1. The summed E-state index contributed by atoms with van der Waals surface area (Å²) in [5.74, 6) is -0.200. The summed E-state index contributed by atoms with van der Waals surface area (Å²) in [7, 11) is 1.47. The Morgan fingerprint density at radius 1 is 1.40 bits per heavy atom. The Balaban J connectivity index is 2.81. The van der Waals surface area contributed by atoms with Crippen molar-refractivity contribution in [2.75, 3.05) is 20.3 Å². The number of benzene rings is 1. The molecule has 0 aliphatic heterocycles. The number of halogens is 2. The zero-order chi connectivity index (χ0) is 15.0. The molecule has 110 valence electrons. The number of amides is 1. The van der Waals surface area contributed by atoms with E-state index >= 15 is 0 Å². The molecule has 0 unspecified atom stereocenters. The van der Waals surface area contributed by atoms with Crippen LogP contribution in [0.4, 0.5) is 0 Å². The van der Waals surface area contributed by atoms with E-state index in [1.807, 2.05) is 0 Å². The van der Waals surface area contributed by atoms with E-state index < -0.39 is 0 Å². The predicted octanol–water partition coefficient (Wildman–Crippen LogP) is 1.98. The van der Waals surface area contributed by atoms with Crippen LogP contribution in [0.5, 0.6) is 0 Å². The quantitative estimate of drug-likeness (QED) is 0.672. The number of nitrogens with one attached hydrogen (secondary N) is 2. The maximum absolute atomic E-state index is 11.5. The first-order valence-electron chi connectivity index (χ1n) is 5.90. The minimum atomic E-state index is -0.200. The molecule has 0 aromatic heterocycles. The maximum atomic E-state index is 11.5. The van der Waals surface area contributed by atoms with E-state index in [0.717, 1.165) is 5.56 Å². The minimum absolute atomic E-state index is 0.0918. The van der Waals surface area contributed by atoms with Crippen LogP contribution in [-0.2, 0) is 9.63 Å². The smallest absolute Gasteiger partial charge is 0.223 e. The SMILES string of the molecule is CONC(=CCC(=O)NCCO)c1ccc(Cl)c(Cl)c1. The fraction of sp³-hybridized carbons (Fsp3) is 0.308. The average molecular weight is 319 g/mol. The number of aliphatic hydroxyl groups excluding tert-OH is 1. The second kappa shape index (κ2) is 8.81. The Morgan fingerprint density at radius 2 is 2.15 bits per heavy atom. The van der Waals surface area contributed by atoms with Gasteiger partial charge in [-0.3, -0.25) is 15.1 Å². The molecule has 1 aromatic rings. The molecule has 0 saturated heterocycles. The van der Waals surface area contributed by atoms with Crippen LogP contribution >= 0.6 is 23.2 Å². The highest BCUT2D eigenvalue weighted by atomic mass is 35.5. The maximum Gasteiger partial charge on any atom is 0.223 e. The van der Waals surface area contributed by atoms with Crippen LogP contribution in [0.1, 0.15) is 12.0 Å². The van der Waals surface area contributed by atoms with Crippen LogP contribution in [0.3, 0.4) is 0 Å². The molecule has 0 aliphatic rings. The van der Waals surface area contributed by atoms with Crippen molar-refractivity contribution < 1.29 is 14.7 Å². The van der Waals surface area contributed by atoms with Crippen molar-refractivity contribution in [3.05, 3.63) is 39.9 Å². The minimum Gasteiger partial charge on any atom is -0.395 e. The van der Waals surface area contributed by atoms with Crippen molar-refractivity contribution in [2.24, 2.45) is 0 Å². The van der Waals surface area contributed by atoms with Crippen molar-refractivity contribution in [2.45, 2.75) is 6.42 Å². The first-order chi connectivity index (χ1) is 9.58. The third-order valence-electron chi connectivity index (χ3n) is 2.37. The van der Waals surface area contributed by atoms with Gasteiger partial charge < -0.3 is 10.4 Å². The lowest BCUT2D eigenvalue weighted by atomic mass is 10.1. The molecule has 0 radical (unpaired) electrons. The van der Waals surface area contributed by atoms with Gasteiger partial charge in [0.1, 0.15) is 0 Å². The Kier molecular flexibility index (Phi) is 7.40. The van der Waals surface area contributed by atoms with Crippen molar-refractivity contribution in [1.29, 1.82) is 0 Å². The average Bonchev–Trinajstić information content (AvgIpc) is 2.44. The number of rotatable bonds is 7. The largest absolute Gasteiger partial charge is 0.395 e. The standard InChI is InChI=1S/C13H16Cl2N2O3/c1-20-17-12(4-5-13(19)16-6-7-18)9-2-3-10(14)11(15)8-9/h2-4,8,17-18H,5-7H2,1H3,(H,16,19). The molecule has 0 saturated carbocycles. The second-order valence-corrected chi connectivity index (χ2v) is 4.64. The summed E-state index contributed by atoms with van der Waals surface area (Å²) in [6.07, 6.45) is 1.81. The van der Waals surface area contributed by atoms with Crippen LogP contribution in [-0.4, -0.2) is 31.3 Å². The summed E-state index contributed by atoms with van der Waals surface area (Å²) >= 11 is 11.8. The summed E-state index contributed by atoms with van der Waals surface area (Å²) in [5.41, 5.74) is 4.04. The Bertz CT molecular complexity index is 493. The van der Waals surface area contributed by atoms with Gasteiger partial charge in [0, 0.05) is 18.5 Å². The summed E-state index contributed by atoms with van der Waals surface area (Å²) < 4.78 is 0. The third-order valence-corrected chi connectivity index (χ3v) is 3.11. The monoisotopic (exact) mass is 318 g/mol. The number of hydrogen-bond acceptors (Lipinski definition) is 4. The number of hydrogen-bond donors (Lipinski definition) is 3. The van der Waals surface area contributed by atoms with Gasteiger partial charge in [0.25, 0.3) is 0 Å². The van der Waals surface area contributed by atoms with Gasteiger partial charge in [-0.2, -0.15) is 0 Å². The lowest BCUT2D eigenvalue weighted by molar-refractivity contribution is -0.120. The number of hydroxylamine groups is 1. The molecule has 0 heterocycles. The second-order valence-electron chi connectivity index (χ2n) is 3.83. The highest BCUT2D eigenvalue weighted by molar-refractivity contribution is 6.42. The molecular weight excluding hydrogens is 303 g/mol. The fourth-order valence-electron chi connectivity index (χ4n) is 1.45. The summed E-state index contributed by atoms with van der Waals surface area (Å²) in [6, 6.07) is 5.10. The Hall–Kier alpha value is -1.27. The number of aliphatic hydroxyl groups is 1. The highest BCUT2D eigenvalue weighted by Gasteiger charge is 2.06. The molecule has 1 rings (SSSR count). The van der Waals surface area contributed by atoms with Crippen LogP contribution < -0.4 is 10.8 Å². The van der Waals surface area contributed by atoms with E-state index in [2.05, 4.69) is 10.8 Å². The molecule has 0 fully saturated rings. The molecule has 5 nitrogen and oxygen atoms in total. The van der Waals surface area contributed by atoms with E-state index in [1.165, 1.54) is 7.11 Å². The molecule has 7 heteroatoms. The molecule has 0 bridgehead atoms. The van der Waals surface area contributed by atoms with Gasteiger partial charge in [0.15, 0.2) is 0 Å². The van der Waals surface area contributed by atoms with Crippen molar-refractivity contribution >= 4 is 34.8 Å². The van der Waals surface area contributed by atoms with Crippen molar-refractivity contribution in [3.63, 3.8) is 0 Å².